The molecule has 0 aromatic heterocycles. The van der Waals surface area contributed by atoms with Gasteiger partial charge in [0.05, 0.1) is 5.69 Å². The number of carboxylic acid groups (broad SMARTS) is 1. The lowest BCUT2D eigenvalue weighted by Crippen LogP contribution is -2.33. The van der Waals surface area contributed by atoms with Gasteiger partial charge in [0, 0.05) is 24.8 Å². The molecule has 1 N–H and O–H groups in total. The minimum absolute atomic E-state index is 0.305. The largest absolute Gasteiger partial charge is 0.465 e. The number of amides is 2. The minimum Gasteiger partial charge on any atom is -0.465 e. The molecule has 0 aliphatic heterocycles. The predicted octanol–water partition coefficient (Wildman–Crippen LogP) is 4.61. The summed E-state index contributed by atoms with van der Waals surface area (Å²) in [6, 6.07) is 15.8. The highest BCUT2D eigenvalue weighted by molar-refractivity contribution is 5.90. The van der Waals surface area contributed by atoms with Crippen molar-refractivity contribution < 1.29 is 19.4 Å². The van der Waals surface area contributed by atoms with Crippen LogP contribution in [0.4, 0.5) is 21.0 Å². The molecule has 0 radical (unpaired) electrons. The van der Waals surface area contributed by atoms with Gasteiger partial charge in [-0.3, -0.25) is 9.80 Å². The second-order valence-corrected chi connectivity index (χ2v) is 5.38. The van der Waals surface area contributed by atoms with Gasteiger partial charge in [-0.05, 0) is 37.6 Å². The average Bonchev–Trinajstić information content (AvgIpc) is 2.61. The Kier molecular flexibility index (Phi) is 6.39. The molecule has 2 rings (SSSR count). The van der Waals surface area contributed by atoms with Crippen LogP contribution in [0.25, 0.3) is 0 Å². The zero-order chi connectivity index (χ0) is 18.2. The van der Waals surface area contributed by atoms with Crippen molar-refractivity contribution in [2.24, 2.45) is 0 Å². The first kappa shape index (κ1) is 18.3. The Balaban J connectivity index is 2.18. The van der Waals surface area contributed by atoms with Crippen LogP contribution in [-0.2, 0) is 0 Å². The Labute approximate surface area is 147 Å². The maximum atomic E-state index is 12.5. The molecule has 0 spiro atoms. The Morgan fingerprint density at radius 1 is 0.960 bits per heavy atom. The van der Waals surface area contributed by atoms with Crippen molar-refractivity contribution in [1.29, 1.82) is 0 Å². The number of nitrogens with zero attached hydrogens (tertiary/aromatic N) is 2. The van der Waals surface area contributed by atoms with Crippen LogP contribution in [0.2, 0.25) is 0 Å². The van der Waals surface area contributed by atoms with Gasteiger partial charge in [0.2, 0.25) is 0 Å². The van der Waals surface area contributed by atoms with Gasteiger partial charge in [0.15, 0.2) is 0 Å². The quantitative estimate of drug-likeness (QED) is 0.832. The van der Waals surface area contributed by atoms with Crippen LogP contribution in [-0.4, -0.2) is 30.4 Å². The first-order valence-electron chi connectivity index (χ1n) is 8.21. The number of anilines is 2. The predicted molar refractivity (Wildman–Crippen MR) is 97.6 cm³/mol. The van der Waals surface area contributed by atoms with Gasteiger partial charge in [0.25, 0.3) is 0 Å². The van der Waals surface area contributed by atoms with Crippen LogP contribution < -0.4 is 14.5 Å². The zero-order valence-electron chi connectivity index (χ0n) is 14.4. The number of hydrogen-bond acceptors (Lipinski definition) is 3. The van der Waals surface area contributed by atoms with E-state index < -0.39 is 12.2 Å². The van der Waals surface area contributed by atoms with Gasteiger partial charge < -0.3 is 9.84 Å². The summed E-state index contributed by atoms with van der Waals surface area (Å²) in [6.07, 6.45) is -0.860. The molecule has 0 aliphatic rings. The minimum atomic E-state index is -1.04. The summed E-state index contributed by atoms with van der Waals surface area (Å²) in [5.41, 5.74) is 1.21. The fraction of sp³-hybridized carbons (Fsp3) is 0.263. The maximum absolute atomic E-state index is 12.5. The molecule has 2 amide bonds. The summed E-state index contributed by atoms with van der Waals surface area (Å²) >= 11 is 0. The van der Waals surface area contributed by atoms with Crippen molar-refractivity contribution in [2.45, 2.75) is 20.3 Å². The number of ether oxygens (including phenoxy) is 1. The van der Waals surface area contributed by atoms with E-state index in [-0.39, 0.29) is 0 Å². The van der Waals surface area contributed by atoms with E-state index in [1.807, 2.05) is 44.2 Å². The third kappa shape index (κ3) is 4.73. The van der Waals surface area contributed by atoms with E-state index in [0.29, 0.717) is 30.9 Å². The van der Waals surface area contributed by atoms with Crippen LogP contribution in [0.15, 0.2) is 54.6 Å². The highest BCUT2D eigenvalue weighted by Gasteiger charge is 2.18. The van der Waals surface area contributed by atoms with Gasteiger partial charge >= 0.3 is 12.2 Å². The van der Waals surface area contributed by atoms with Crippen LogP contribution in [0.3, 0.4) is 0 Å². The fourth-order valence-electron chi connectivity index (χ4n) is 2.45. The van der Waals surface area contributed by atoms with Crippen LogP contribution in [0, 0.1) is 0 Å². The van der Waals surface area contributed by atoms with Crippen molar-refractivity contribution in [3.05, 3.63) is 54.6 Å². The summed E-state index contributed by atoms with van der Waals surface area (Å²) in [5, 5.41) is 9.32. The molecule has 2 aromatic carbocycles. The van der Waals surface area contributed by atoms with Gasteiger partial charge in [-0.1, -0.05) is 31.2 Å². The number of carbonyl (C=O) groups is 2. The Morgan fingerprint density at radius 2 is 1.64 bits per heavy atom. The SMILES string of the molecule is CCCN(C(=O)O)c1cccc(OC(=O)N(CC)c2ccccc2)c1. The van der Waals surface area contributed by atoms with E-state index in [9.17, 15) is 14.7 Å². The fourth-order valence-corrected chi connectivity index (χ4v) is 2.45. The monoisotopic (exact) mass is 342 g/mol. The summed E-state index contributed by atoms with van der Waals surface area (Å²) in [5.74, 6) is 0.305. The van der Waals surface area contributed by atoms with Gasteiger partial charge in [-0.25, -0.2) is 9.59 Å². The molecule has 0 unspecified atom stereocenters. The maximum Gasteiger partial charge on any atom is 0.419 e. The average molecular weight is 342 g/mol. The number of para-hydroxylation sites is 1. The molecule has 6 nitrogen and oxygen atoms in total. The third-order valence-electron chi connectivity index (χ3n) is 3.62. The van der Waals surface area contributed by atoms with Crippen molar-refractivity contribution in [3.63, 3.8) is 0 Å². The molecular formula is C19H22N2O4. The third-order valence-corrected chi connectivity index (χ3v) is 3.62. The van der Waals surface area contributed by atoms with Crippen molar-refractivity contribution in [3.8, 4) is 5.75 Å². The van der Waals surface area contributed by atoms with Crippen molar-refractivity contribution in [2.75, 3.05) is 22.9 Å². The molecule has 0 fully saturated rings. The lowest BCUT2D eigenvalue weighted by atomic mass is 10.2. The first-order chi connectivity index (χ1) is 12.1. The van der Waals surface area contributed by atoms with E-state index in [0.717, 1.165) is 5.69 Å². The molecule has 132 valence electrons. The standard InChI is InChI=1S/C19H22N2O4/c1-3-13-21(18(22)23)16-11-8-12-17(14-16)25-19(24)20(4-2)15-9-6-5-7-10-15/h5-12,14H,3-4,13H2,1-2H3,(H,22,23). The van der Waals surface area contributed by atoms with Crippen LogP contribution >= 0.6 is 0 Å². The van der Waals surface area contributed by atoms with E-state index >= 15 is 0 Å². The molecule has 6 heteroatoms. The Morgan fingerprint density at radius 3 is 2.24 bits per heavy atom. The molecule has 0 aliphatic carbocycles. The van der Waals surface area contributed by atoms with Crippen molar-refractivity contribution >= 4 is 23.6 Å². The smallest absolute Gasteiger partial charge is 0.419 e. The highest BCUT2D eigenvalue weighted by Crippen LogP contribution is 2.23. The summed E-state index contributed by atoms with van der Waals surface area (Å²) < 4.78 is 5.44. The second kappa shape index (κ2) is 8.73. The zero-order valence-corrected chi connectivity index (χ0v) is 14.4. The molecule has 25 heavy (non-hydrogen) atoms. The van der Waals surface area contributed by atoms with Gasteiger partial charge in [-0.15, -0.1) is 0 Å². The Bertz CT molecular complexity index is 718. The van der Waals surface area contributed by atoms with E-state index in [1.54, 1.807) is 24.3 Å². The number of hydrogen-bond donors (Lipinski definition) is 1. The lowest BCUT2D eigenvalue weighted by molar-refractivity contribution is 0.202. The summed E-state index contributed by atoms with van der Waals surface area (Å²) in [6.45, 7) is 4.59. The van der Waals surface area contributed by atoms with E-state index in [1.165, 1.54) is 9.80 Å². The van der Waals surface area contributed by atoms with Crippen molar-refractivity contribution in [1.82, 2.24) is 0 Å². The first-order valence-corrected chi connectivity index (χ1v) is 8.21. The molecule has 0 atom stereocenters. The normalized spacial score (nSPS) is 10.2. The van der Waals surface area contributed by atoms with Crippen LogP contribution in [0.1, 0.15) is 20.3 Å². The van der Waals surface area contributed by atoms with Gasteiger partial charge in [0.1, 0.15) is 5.75 Å². The number of carbonyl (C=O) groups excluding carboxylic acids is 1. The summed E-state index contributed by atoms with van der Waals surface area (Å²) in [7, 11) is 0. The highest BCUT2D eigenvalue weighted by atomic mass is 16.6. The Hall–Kier alpha value is -3.02. The van der Waals surface area contributed by atoms with E-state index in [2.05, 4.69) is 0 Å². The molecule has 0 saturated heterocycles. The topological polar surface area (TPSA) is 70.1 Å². The number of benzene rings is 2. The summed E-state index contributed by atoms with van der Waals surface area (Å²) in [4.78, 5) is 26.6. The second-order valence-electron chi connectivity index (χ2n) is 5.38. The molecule has 2 aromatic rings. The molecule has 0 saturated carbocycles. The van der Waals surface area contributed by atoms with Gasteiger partial charge in [-0.2, -0.15) is 0 Å². The molecule has 0 heterocycles. The van der Waals surface area contributed by atoms with Crippen LogP contribution in [0.5, 0.6) is 5.75 Å². The lowest BCUT2D eigenvalue weighted by Gasteiger charge is -2.21. The molecular weight excluding hydrogens is 320 g/mol. The molecule has 0 bridgehead atoms. The number of rotatable bonds is 6. The van der Waals surface area contributed by atoms with E-state index in [4.69, 9.17) is 4.74 Å².